The van der Waals surface area contributed by atoms with E-state index in [1.54, 1.807) is 57.2 Å². The maximum atomic E-state index is 12.2. The predicted octanol–water partition coefficient (Wildman–Crippen LogP) is 3.89. The Morgan fingerprint density at radius 2 is 1.45 bits per heavy atom. The zero-order valence-corrected chi connectivity index (χ0v) is 18.6. The molecule has 0 amide bonds. The van der Waals surface area contributed by atoms with E-state index in [1.165, 1.54) is 19.1 Å². The van der Waals surface area contributed by atoms with Crippen molar-refractivity contribution in [3.63, 3.8) is 0 Å². The Hall–Kier alpha value is -3.31. The third kappa shape index (κ3) is 9.36. The van der Waals surface area contributed by atoms with Crippen molar-refractivity contribution in [2.45, 2.75) is 39.7 Å². The van der Waals surface area contributed by atoms with Gasteiger partial charge in [-0.3, -0.25) is 4.79 Å². The molecule has 0 saturated carbocycles. The molecule has 0 aromatic heterocycles. The molecule has 0 unspecified atom stereocenters. The van der Waals surface area contributed by atoms with Gasteiger partial charge in [0.05, 0.1) is 5.75 Å². The van der Waals surface area contributed by atoms with Gasteiger partial charge in [0, 0.05) is 17.7 Å². The summed E-state index contributed by atoms with van der Waals surface area (Å²) in [7, 11) is -3.61. The van der Waals surface area contributed by atoms with Gasteiger partial charge in [0.15, 0.2) is 0 Å². The molecular weight excluding hydrogens is 420 g/mol. The molecule has 0 radical (unpaired) electrons. The summed E-state index contributed by atoms with van der Waals surface area (Å²) < 4.78 is 39.5. The number of ether oxygens (including phenoxy) is 3. The van der Waals surface area contributed by atoms with Crippen molar-refractivity contribution >= 4 is 22.0 Å². The van der Waals surface area contributed by atoms with E-state index in [-0.39, 0.29) is 17.9 Å². The molecule has 31 heavy (non-hydrogen) atoms. The monoisotopic (exact) mass is 444 g/mol. The van der Waals surface area contributed by atoms with Gasteiger partial charge in [0.2, 0.25) is 9.84 Å². The Morgan fingerprint density at radius 3 is 2.00 bits per heavy atom. The maximum absolute atomic E-state index is 12.2. The summed E-state index contributed by atoms with van der Waals surface area (Å²) in [6.07, 6.45) is -0.546. The minimum Gasteiger partial charge on any atom is -0.428 e. The third-order valence-corrected chi connectivity index (χ3v) is 4.79. The Morgan fingerprint density at radius 1 is 0.903 bits per heavy atom. The summed E-state index contributed by atoms with van der Waals surface area (Å²) in [5, 5.41) is 2.29. The first kappa shape index (κ1) is 24.0. The first-order valence-electron chi connectivity index (χ1n) is 9.46. The number of benzene rings is 2. The van der Waals surface area contributed by atoms with Crippen LogP contribution in [0.15, 0.2) is 48.5 Å². The molecule has 0 spiro atoms. The fraction of sp³-hybridized carbons (Fsp3) is 0.304. The van der Waals surface area contributed by atoms with Crippen LogP contribution in [-0.2, 0) is 25.8 Å². The second kappa shape index (κ2) is 10.1. The van der Waals surface area contributed by atoms with E-state index in [2.05, 4.69) is 11.2 Å². The van der Waals surface area contributed by atoms with Crippen LogP contribution < -0.4 is 9.47 Å². The van der Waals surface area contributed by atoms with Crippen LogP contribution in [0.5, 0.6) is 11.5 Å². The molecule has 0 N–H and O–H groups in total. The van der Waals surface area contributed by atoms with Crippen LogP contribution in [0.1, 0.15) is 38.8 Å². The van der Waals surface area contributed by atoms with Gasteiger partial charge in [-0.25, -0.2) is 13.2 Å². The van der Waals surface area contributed by atoms with Crippen LogP contribution in [0.25, 0.3) is 0 Å². The highest BCUT2D eigenvalue weighted by molar-refractivity contribution is 7.96. The second-order valence-electron chi connectivity index (χ2n) is 7.62. The maximum Gasteiger partial charge on any atom is 0.514 e. The van der Waals surface area contributed by atoms with Gasteiger partial charge in [-0.15, -0.1) is 0 Å². The van der Waals surface area contributed by atoms with Gasteiger partial charge in [-0.1, -0.05) is 18.1 Å². The molecule has 0 saturated heterocycles. The lowest BCUT2D eigenvalue weighted by molar-refractivity contribution is -0.131. The molecule has 0 aliphatic carbocycles. The molecule has 0 aliphatic heterocycles. The number of carbonyl (C=O) groups excluding carboxylic acids is 2. The van der Waals surface area contributed by atoms with Gasteiger partial charge in [0.25, 0.3) is 0 Å². The predicted molar refractivity (Wildman–Crippen MR) is 115 cm³/mol. The van der Waals surface area contributed by atoms with Crippen LogP contribution in [0.2, 0.25) is 0 Å². The summed E-state index contributed by atoms with van der Waals surface area (Å²) in [5.74, 6) is 2.70. The van der Waals surface area contributed by atoms with E-state index in [0.29, 0.717) is 11.3 Å². The molecule has 0 fully saturated rings. The van der Waals surface area contributed by atoms with E-state index in [1.807, 2.05) is 0 Å². The molecule has 8 heteroatoms. The molecule has 164 valence electrons. The zero-order valence-electron chi connectivity index (χ0n) is 17.8. The van der Waals surface area contributed by atoms with Crippen molar-refractivity contribution in [2.75, 3.05) is 5.75 Å². The summed E-state index contributed by atoms with van der Waals surface area (Å²) in [4.78, 5) is 22.6. The SMILES string of the molecule is CC(=O)Oc1ccc(CCS(=O)(=O)C#Cc2ccc(OC(=O)OC(C)(C)C)cc2)cc1. The van der Waals surface area contributed by atoms with Crippen LogP contribution in [-0.4, -0.2) is 31.9 Å². The number of hydrogen-bond donors (Lipinski definition) is 0. The average molecular weight is 445 g/mol. The average Bonchev–Trinajstić information content (AvgIpc) is 2.65. The normalized spacial score (nSPS) is 11.1. The van der Waals surface area contributed by atoms with E-state index in [0.717, 1.165) is 5.56 Å². The largest absolute Gasteiger partial charge is 0.514 e. The first-order valence-corrected chi connectivity index (χ1v) is 11.1. The topological polar surface area (TPSA) is 96.0 Å². The number of esters is 1. The van der Waals surface area contributed by atoms with Gasteiger partial charge in [-0.2, -0.15) is 0 Å². The van der Waals surface area contributed by atoms with Crippen molar-refractivity contribution < 1.29 is 32.2 Å². The van der Waals surface area contributed by atoms with Crippen LogP contribution in [0.4, 0.5) is 4.79 Å². The molecule has 0 atom stereocenters. The lowest BCUT2D eigenvalue weighted by atomic mass is 10.2. The van der Waals surface area contributed by atoms with E-state index in [9.17, 15) is 18.0 Å². The smallest absolute Gasteiger partial charge is 0.428 e. The number of rotatable bonds is 5. The fourth-order valence-electron chi connectivity index (χ4n) is 2.30. The highest BCUT2D eigenvalue weighted by atomic mass is 32.2. The number of hydrogen-bond acceptors (Lipinski definition) is 7. The van der Waals surface area contributed by atoms with Crippen LogP contribution in [0, 0.1) is 11.2 Å². The number of carbonyl (C=O) groups is 2. The standard InChI is InChI=1S/C23H24O7S/c1-17(24)28-20-9-5-18(6-10-20)13-15-31(26,27)16-14-19-7-11-21(12-8-19)29-22(25)30-23(2,3)4/h5-12H,13,15H2,1-4H3. The van der Waals surface area contributed by atoms with Gasteiger partial charge in [-0.05, 0) is 69.2 Å². The molecule has 0 bridgehead atoms. The van der Waals surface area contributed by atoms with Gasteiger partial charge >= 0.3 is 12.1 Å². The molecule has 2 aromatic rings. The minimum absolute atomic E-state index is 0.146. The van der Waals surface area contributed by atoms with Gasteiger partial charge in [0.1, 0.15) is 17.1 Å². The van der Waals surface area contributed by atoms with Crippen molar-refractivity contribution in [1.82, 2.24) is 0 Å². The van der Waals surface area contributed by atoms with Gasteiger partial charge < -0.3 is 14.2 Å². The molecule has 0 heterocycles. The third-order valence-electron chi connectivity index (χ3n) is 3.64. The first-order chi connectivity index (χ1) is 14.4. The Labute approximate surface area is 182 Å². The van der Waals surface area contributed by atoms with Crippen molar-refractivity contribution in [1.29, 1.82) is 0 Å². The number of sulfone groups is 1. The van der Waals surface area contributed by atoms with Crippen LogP contribution >= 0.6 is 0 Å². The summed E-state index contributed by atoms with van der Waals surface area (Å²) in [6, 6.07) is 12.7. The summed E-state index contributed by atoms with van der Waals surface area (Å²) in [6.45, 7) is 6.49. The summed E-state index contributed by atoms with van der Waals surface area (Å²) in [5.41, 5.74) is 0.581. The number of aryl methyl sites for hydroxylation is 1. The molecule has 2 rings (SSSR count). The molecule has 7 nitrogen and oxygen atoms in total. The zero-order chi connectivity index (χ0) is 23.1. The summed E-state index contributed by atoms with van der Waals surface area (Å²) >= 11 is 0. The highest BCUT2D eigenvalue weighted by Crippen LogP contribution is 2.16. The Balaban J connectivity index is 1.93. The van der Waals surface area contributed by atoms with Crippen molar-refractivity contribution in [3.05, 3.63) is 59.7 Å². The quantitative estimate of drug-likeness (QED) is 0.299. The van der Waals surface area contributed by atoms with Crippen LogP contribution in [0.3, 0.4) is 0 Å². The second-order valence-corrected chi connectivity index (χ2v) is 9.47. The van der Waals surface area contributed by atoms with Crippen molar-refractivity contribution in [2.24, 2.45) is 0 Å². The molecular formula is C23H24O7S. The molecule has 2 aromatic carbocycles. The van der Waals surface area contributed by atoms with Crippen molar-refractivity contribution in [3.8, 4) is 22.7 Å². The Bertz CT molecular complexity index is 1080. The fourth-order valence-corrected chi connectivity index (χ4v) is 3.18. The lowest BCUT2D eigenvalue weighted by Gasteiger charge is -2.18. The Kier molecular flexibility index (Phi) is 7.83. The van der Waals surface area contributed by atoms with E-state index >= 15 is 0 Å². The van der Waals surface area contributed by atoms with E-state index < -0.39 is 27.6 Å². The van der Waals surface area contributed by atoms with E-state index in [4.69, 9.17) is 14.2 Å². The highest BCUT2D eigenvalue weighted by Gasteiger charge is 2.18. The lowest BCUT2D eigenvalue weighted by Crippen LogP contribution is -2.25. The molecule has 0 aliphatic rings. The minimum atomic E-state index is -3.61.